The van der Waals surface area contributed by atoms with Crippen LogP contribution in [0, 0.1) is 6.92 Å². The number of aliphatic hydroxyl groups is 1. The Kier molecular flexibility index (Phi) is 3.59. The number of amides is 1. The largest absolute Gasteiger partial charge is 0.394 e. The molecule has 0 aliphatic rings. The van der Waals surface area contributed by atoms with Crippen molar-refractivity contribution in [1.82, 2.24) is 10.3 Å². The predicted octanol–water partition coefficient (Wildman–Crippen LogP) is 0.501. The molecule has 1 aromatic heterocycles. The number of carbonyl (C=O) groups excluding carboxylic acids is 1. The maximum Gasteiger partial charge on any atom is 0.251 e. The fourth-order valence-corrected chi connectivity index (χ4v) is 1.04. The average Bonchev–Trinajstić information content (AvgIpc) is 2.17. The van der Waals surface area contributed by atoms with Gasteiger partial charge in [0.1, 0.15) is 0 Å². The van der Waals surface area contributed by atoms with E-state index in [1.807, 2.05) is 6.92 Å². The molecule has 0 unspecified atom stereocenters. The zero-order chi connectivity index (χ0) is 10.6. The topological polar surface area (TPSA) is 62.2 Å². The fraction of sp³-hybridized carbons (Fsp3) is 0.400. The van der Waals surface area contributed by atoms with E-state index in [1.165, 1.54) is 0 Å². The van der Waals surface area contributed by atoms with Crippen LogP contribution in [-0.2, 0) is 0 Å². The summed E-state index contributed by atoms with van der Waals surface area (Å²) in [6.45, 7) is 3.51. The minimum atomic E-state index is -0.226. The van der Waals surface area contributed by atoms with Gasteiger partial charge in [0.25, 0.3) is 5.91 Å². The summed E-state index contributed by atoms with van der Waals surface area (Å²) in [6, 6.07) is 3.13. The van der Waals surface area contributed by atoms with Gasteiger partial charge in [-0.15, -0.1) is 0 Å². The first-order valence-corrected chi connectivity index (χ1v) is 4.48. The Balaban J connectivity index is 2.70. The zero-order valence-electron chi connectivity index (χ0n) is 8.32. The van der Waals surface area contributed by atoms with Gasteiger partial charge in [-0.1, -0.05) is 0 Å². The van der Waals surface area contributed by atoms with E-state index in [9.17, 15) is 4.79 Å². The molecule has 0 spiro atoms. The van der Waals surface area contributed by atoms with Crippen LogP contribution >= 0.6 is 0 Å². The van der Waals surface area contributed by atoms with Crippen LogP contribution in [0.2, 0.25) is 0 Å². The van der Waals surface area contributed by atoms with E-state index in [2.05, 4.69) is 10.3 Å². The smallest absolute Gasteiger partial charge is 0.251 e. The third-order valence-electron chi connectivity index (χ3n) is 1.81. The van der Waals surface area contributed by atoms with Crippen LogP contribution in [0.5, 0.6) is 0 Å². The molecule has 4 nitrogen and oxygen atoms in total. The molecule has 4 heteroatoms. The van der Waals surface area contributed by atoms with Crippen LogP contribution in [0.15, 0.2) is 18.3 Å². The lowest BCUT2D eigenvalue weighted by Crippen LogP contribution is -2.35. The second kappa shape index (κ2) is 4.72. The van der Waals surface area contributed by atoms with Gasteiger partial charge in [-0.2, -0.15) is 0 Å². The number of rotatable bonds is 3. The van der Waals surface area contributed by atoms with E-state index in [1.54, 1.807) is 25.3 Å². The lowest BCUT2D eigenvalue weighted by molar-refractivity contribution is 0.0922. The van der Waals surface area contributed by atoms with Crippen LogP contribution < -0.4 is 5.32 Å². The lowest BCUT2D eigenvalue weighted by atomic mass is 10.2. The van der Waals surface area contributed by atoms with Gasteiger partial charge < -0.3 is 10.4 Å². The zero-order valence-corrected chi connectivity index (χ0v) is 8.32. The molecule has 2 N–H and O–H groups in total. The Labute approximate surface area is 83.0 Å². The van der Waals surface area contributed by atoms with Crippen molar-refractivity contribution in [2.75, 3.05) is 6.61 Å². The normalized spacial score (nSPS) is 12.2. The highest BCUT2D eigenvalue weighted by Crippen LogP contribution is 2.00. The van der Waals surface area contributed by atoms with Crippen LogP contribution in [0.3, 0.4) is 0 Å². The molecule has 1 atom stereocenters. The van der Waals surface area contributed by atoms with Gasteiger partial charge in [0.05, 0.1) is 6.61 Å². The van der Waals surface area contributed by atoms with E-state index in [0.717, 1.165) is 5.69 Å². The highest BCUT2D eigenvalue weighted by molar-refractivity contribution is 5.94. The average molecular weight is 194 g/mol. The van der Waals surface area contributed by atoms with E-state index < -0.39 is 0 Å². The van der Waals surface area contributed by atoms with Crippen LogP contribution in [0.1, 0.15) is 23.0 Å². The first kappa shape index (κ1) is 10.7. The molecular formula is C10H14N2O2. The summed E-state index contributed by atoms with van der Waals surface area (Å²) < 4.78 is 0. The molecule has 0 radical (unpaired) electrons. The van der Waals surface area contributed by atoms with Crippen molar-refractivity contribution in [2.45, 2.75) is 19.9 Å². The van der Waals surface area contributed by atoms with Crippen molar-refractivity contribution in [3.63, 3.8) is 0 Å². The maximum absolute atomic E-state index is 11.5. The highest BCUT2D eigenvalue weighted by atomic mass is 16.3. The first-order valence-electron chi connectivity index (χ1n) is 4.48. The highest BCUT2D eigenvalue weighted by Gasteiger charge is 2.08. The molecule has 0 aliphatic carbocycles. The number of nitrogens with one attached hydrogen (secondary N) is 1. The Morgan fingerprint density at radius 2 is 2.43 bits per heavy atom. The van der Waals surface area contributed by atoms with Gasteiger partial charge in [0.15, 0.2) is 0 Å². The van der Waals surface area contributed by atoms with Gasteiger partial charge in [-0.3, -0.25) is 9.78 Å². The second-order valence-electron chi connectivity index (χ2n) is 3.24. The van der Waals surface area contributed by atoms with E-state index in [-0.39, 0.29) is 18.6 Å². The molecule has 14 heavy (non-hydrogen) atoms. The predicted molar refractivity (Wildman–Crippen MR) is 53.0 cm³/mol. The summed E-state index contributed by atoms with van der Waals surface area (Å²) in [6.07, 6.45) is 1.59. The lowest BCUT2D eigenvalue weighted by Gasteiger charge is -2.10. The van der Waals surface area contributed by atoms with Crippen LogP contribution in [0.25, 0.3) is 0 Å². The van der Waals surface area contributed by atoms with Crippen molar-refractivity contribution in [1.29, 1.82) is 0 Å². The Morgan fingerprint density at radius 3 is 3.00 bits per heavy atom. The molecule has 0 bridgehead atoms. The number of aryl methyl sites for hydroxylation is 1. The molecule has 1 heterocycles. The summed E-state index contributed by atoms with van der Waals surface area (Å²) in [7, 11) is 0. The summed E-state index contributed by atoms with van der Waals surface area (Å²) in [5.41, 5.74) is 1.37. The summed E-state index contributed by atoms with van der Waals surface area (Å²) in [5.74, 6) is -0.183. The Hall–Kier alpha value is -1.42. The number of aliphatic hydroxyl groups excluding tert-OH is 1. The van der Waals surface area contributed by atoms with Gasteiger partial charge in [0.2, 0.25) is 0 Å². The minimum Gasteiger partial charge on any atom is -0.394 e. The number of hydrogen-bond donors (Lipinski definition) is 2. The van der Waals surface area contributed by atoms with Crippen molar-refractivity contribution in [2.24, 2.45) is 0 Å². The monoisotopic (exact) mass is 194 g/mol. The third kappa shape index (κ3) is 2.81. The summed E-state index contributed by atoms with van der Waals surface area (Å²) in [4.78, 5) is 15.5. The van der Waals surface area contributed by atoms with E-state index in [4.69, 9.17) is 5.11 Å². The Bertz CT molecular complexity index is 326. The SMILES string of the molecule is Cc1cc(C(=O)N[C@@H](C)CO)ccn1. The van der Waals surface area contributed by atoms with Crippen molar-refractivity contribution in [3.05, 3.63) is 29.6 Å². The molecule has 76 valence electrons. The molecule has 0 aromatic carbocycles. The Morgan fingerprint density at radius 1 is 1.71 bits per heavy atom. The maximum atomic E-state index is 11.5. The number of pyridine rings is 1. The number of hydrogen-bond acceptors (Lipinski definition) is 3. The second-order valence-corrected chi connectivity index (χ2v) is 3.24. The molecule has 0 saturated carbocycles. The molecular weight excluding hydrogens is 180 g/mol. The van der Waals surface area contributed by atoms with Gasteiger partial charge >= 0.3 is 0 Å². The standard InChI is InChI=1S/C10H14N2O2/c1-7-5-9(3-4-11-7)10(14)12-8(2)6-13/h3-5,8,13H,6H2,1-2H3,(H,12,14)/t8-/m0/s1. The van der Waals surface area contributed by atoms with E-state index in [0.29, 0.717) is 5.56 Å². The summed E-state index contributed by atoms with van der Waals surface area (Å²) >= 11 is 0. The minimum absolute atomic E-state index is 0.0597. The fourth-order valence-electron chi connectivity index (χ4n) is 1.04. The van der Waals surface area contributed by atoms with Gasteiger partial charge in [-0.25, -0.2) is 0 Å². The van der Waals surface area contributed by atoms with Crippen molar-refractivity contribution >= 4 is 5.91 Å². The molecule has 0 aliphatic heterocycles. The van der Waals surface area contributed by atoms with Gasteiger partial charge in [-0.05, 0) is 26.0 Å². The first-order chi connectivity index (χ1) is 6.63. The molecule has 0 fully saturated rings. The van der Waals surface area contributed by atoms with Gasteiger partial charge in [0, 0.05) is 23.5 Å². The number of aromatic nitrogens is 1. The van der Waals surface area contributed by atoms with E-state index >= 15 is 0 Å². The van der Waals surface area contributed by atoms with Crippen LogP contribution in [-0.4, -0.2) is 28.6 Å². The molecule has 1 rings (SSSR count). The van der Waals surface area contributed by atoms with Crippen molar-refractivity contribution in [3.8, 4) is 0 Å². The quantitative estimate of drug-likeness (QED) is 0.736. The summed E-state index contributed by atoms with van der Waals surface area (Å²) in [5, 5.41) is 11.4. The number of nitrogens with zero attached hydrogens (tertiary/aromatic N) is 1. The third-order valence-corrected chi connectivity index (χ3v) is 1.81. The number of carbonyl (C=O) groups is 1. The molecule has 0 saturated heterocycles. The molecule has 1 amide bonds. The molecule has 1 aromatic rings. The van der Waals surface area contributed by atoms with Crippen molar-refractivity contribution < 1.29 is 9.90 Å². The van der Waals surface area contributed by atoms with Crippen LogP contribution in [0.4, 0.5) is 0 Å².